The highest BCUT2D eigenvalue weighted by molar-refractivity contribution is 5.54. The van der Waals surface area contributed by atoms with E-state index < -0.39 is 18.6 Å². The number of halogens is 3. The van der Waals surface area contributed by atoms with E-state index in [1.165, 1.54) is 0 Å². The fourth-order valence-corrected chi connectivity index (χ4v) is 0.345. The third kappa shape index (κ3) is 5.29. The molecule has 0 aromatic rings. The molecule has 0 spiro atoms. The number of rotatable bonds is 2. The predicted molar refractivity (Wildman–Crippen MR) is 23.4 cm³/mol. The lowest BCUT2D eigenvalue weighted by molar-refractivity contribution is -0.412. The topological polar surface area (TPSA) is 44.7 Å². The normalized spacial score (nSPS) is 15.1. The minimum absolute atomic E-state index is 0.188. The number of alkyl halides is 3. The molecule has 0 bridgehead atoms. The minimum Gasteiger partial charge on any atom is -0.349 e. The molecule has 0 heterocycles. The van der Waals surface area contributed by atoms with Crippen LogP contribution in [-0.4, -0.2) is 18.5 Å². The molecule has 0 radical (unpaired) electrons. The van der Waals surface area contributed by atoms with E-state index >= 15 is 0 Å². The molecule has 0 fully saturated rings. The quantitative estimate of drug-likeness (QED) is 0.531. The average Bonchev–Trinajstić information content (AvgIpc) is 1.62. The first-order valence-electron chi connectivity index (χ1n) is 2.31. The fourth-order valence-electron chi connectivity index (χ4n) is 0.345. The summed E-state index contributed by atoms with van der Waals surface area (Å²) < 4.78 is 33.9. The summed E-state index contributed by atoms with van der Waals surface area (Å²) in [6.45, 7) is 0. The second kappa shape index (κ2) is 2.82. The molecule has 1 atom stereocenters. The van der Waals surface area contributed by atoms with Crippen LogP contribution in [0.15, 0.2) is 0 Å². The lowest BCUT2D eigenvalue weighted by atomic mass is 10.2. The Bertz CT molecular complexity index is 100. The first-order valence-corrected chi connectivity index (χ1v) is 2.31. The van der Waals surface area contributed by atoms with Gasteiger partial charge in [-0.25, -0.2) is 0 Å². The predicted octanol–water partition coefficient (Wildman–Crippen LogP) is -0.252. The third-order valence-electron chi connectivity index (χ3n) is 0.686. The summed E-state index contributed by atoms with van der Waals surface area (Å²) in [5, 5.41) is 0. The minimum atomic E-state index is -4.27. The standard InChI is InChI=1S/C4H6F3NO/c5-4(6,7)1-3(8)2-9/h2-3H,1,8H2/p+1. The van der Waals surface area contributed by atoms with Crippen molar-refractivity contribution in [2.24, 2.45) is 0 Å². The van der Waals surface area contributed by atoms with Gasteiger partial charge in [-0.1, -0.05) is 0 Å². The van der Waals surface area contributed by atoms with Crippen molar-refractivity contribution in [2.45, 2.75) is 18.6 Å². The highest BCUT2D eigenvalue weighted by Gasteiger charge is 2.31. The monoisotopic (exact) mass is 142 g/mol. The van der Waals surface area contributed by atoms with Gasteiger partial charge in [0.15, 0.2) is 6.29 Å². The molecule has 0 amide bonds. The summed E-state index contributed by atoms with van der Waals surface area (Å²) in [6.07, 6.45) is -5.21. The van der Waals surface area contributed by atoms with E-state index in [0.29, 0.717) is 0 Å². The van der Waals surface area contributed by atoms with Gasteiger partial charge in [-0.15, -0.1) is 0 Å². The van der Waals surface area contributed by atoms with Gasteiger partial charge in [0.05, 0.1) is 0 Å². The molecule has 9 heavy (non-hydrogen) atoms. The van der Waals surface area contributed by atoms with Gasteiger partial charge in [0.25, 0.3) is 0 Å². The molecule has 3 N–H and O–H groups in total. The van der Waals surface area contributed by atoms with E-state index in [9.17, 15) is 18.0 Å². The summed E-state index contributed by atoms with van der Waals surface area (Å²) in [7, 11) is 0. The van der Waals surface area contributed by atoms with Crippen molar-refractivity contribution in [2.75, 3.05) is 0 Å². The maximum absolute atomic E-state index is 11.3. The molecule has 0 saturated carbocycles. The van der Waals surface area contributed by atoms with Gasteiger partial charge in [0.1, 0.15) is 12.5 Å². The molecule has 0 aliphatic rings. The van der Waals surface area contributed by atoms with Crippen LogP contribution in [0.3, 0.4) is 0 Å². The Morgan fingerprint density at radius 1 is 1.56 bits per heavy atom. The Hall–Kier alpha value is -0.580. The summed E-state index contributed by atoms with van der Waals surface area (Å²) in [4.78, 5) is 9.62. The van der Waals surface area contributed by atoms with E-state index in [1.54, 1.807) is 0 Å². The van der Waals surface area contributed by atoms with Gasteiger partial charge in [0, 0.05) is 0 Å². The van der Waals surface area contributed by atoms with Crippen molar-refractivity contribution in [3.8, 4) is 0 Å². The van der Waals surface area contributed by atoms with Crippen molar-refractivity contribution in [3.05, 3.63) is 0 Å². The van der Waals surface area contributed by atoms with Crippen LogP contribution in [0.1, 0.15) is 6.42 Å². The van der Waals surface area contributed by atoms with Crippen molar-refractivity contribution >= 4 is 6.29 Å². The molecule has 5 heteroatoms. The van der Waals surface area contributed by atoms with Crippen molar-refractivity contribution in [1.29, 1.82) is 0 Å². The van der Waals surface area contributed by atoms with E-state index in [2.05, 4.69) is 5.73 Å². The second-order valence-corrected chi connectivity index (χ2v) is 1.72. The van der Waals surface area contributed by atoms with E-state index in [1.807, 2.05) is 0 Å². The van der Waals surface area contributed by atoms with Crippen molar-refractivity contribution in [3.63, 3.8) is 0 Å². The zero-order chi connectivity index (χ0) is 7.49. The van der Waals surface area contributed by atoms with Crippen LogP contribution in [-0.2, 0) is 4.79 Å². The summed E-state index contributed by atoms with van der Waals surface area (Å²) >= 11 is 0. The number of aldehydes is 1. The number of hydrogen-bond acceptors (Lipinski definition) is 1. The zero-order valence-electron chi connectivity index (χ0n) is 4.61. The molecular weight excluding hydrogens is 135 g/mol. The van der Waals surface area contributed by atoms with Crippen LogP contribution >= 0.6 is 0 Å². The molecule has 2 nitrogen and oxygen atoms in total. The van der Waals surface area contributed by atoms with Gasteiger partial charge >= 0.3 is 6.18 Å². The number of quaternary nitrogens is 1. The summed E-state index contributed by atoms with van der Waals surface area (Å²) in [5.74, 6) is 0. The highest BCUT2D eigenvalue weighted by atomic mass is 19.4. The number of carbonyl (C=O) groups is 1. The van der Waals surface area contributed by atoms with E-state index in [-0.39, 0.29) is 6.29 Å². The van der Waals surface area contributed by atoms with Gasteiger partial charge in [-0.3, -0.25) is 4.79 Å². The molecule has 54 valence electrons. The molecule has 0 aromatic heterocycles. The molecule has 0 aliphatic carbocycles. The third-order valence-corrected chi connectivity index (χ3v) is 0.686. The number of carbonyl (C=O) groups excluding carboxylic acids is 1. The summed E-state index contributed by atoms with van der Waals surface area (Å²) in [6, 6.07) is -1.16. The van der Waals surface area contributed by atoms with Gasteiger partial charge in [0.2, 0.25) is 0 Å². The second-order valence-electron chi connectivity index (χ2n) is 1.72. The van der Waals surface area contributed by atoms with Crippen molar-refractivity contribution < 1.29 is 23.7 Å². The van der Waals surface area contributed by atoms with Crippen LogP contribution in [0.4, 0.5) is 13.2 Å². The summed E-state index contributed by atoms with van der Waals surface area (Å²) in [5.41, 5.74) is 2.95. The van der Waals surface area contributed by atoms with E-state index in [4.69, 9.17) is 0 Å². The van der Waals surface area contributed by atoms with Crippen LogP contribution in [0.2, 0.25) is 0 Å². The Morgan fingerprint density at radius 3 is 2.11 bits per heavy atom. The first-order chi connectivity index (χ1) is 3.95. The zero-order valence-corrected chi connectivity index (χ0v) is 4.61. The molecular formula is C4H7F3NO+. The van der Waals surface area contributed by atoms with Crippen LogP contribution < -0.4 is 5.73 Å². The highest BCUT2D eigenvalue weighted by Crippen LogP contribution is 2.19. The largest absolute Gasteiger partial charge is 0.395 e. The van der Waals surface area contributed by atoms with Gasteiger partial charge in [-0.05, 0) is 0 Å². The van der Waals surface area contributed by atoms with Crippen LogP contribution in [0.25, 0.3) is 0 Å². The lowest BCUT2D eigenvalue weighted by Crippen LogP contribution is -2.63. The molecule has 0 aliphatic heterocycles. The Labute approximate surface area is 49.8 Å². The SMILES string of the molecule is [NH3+]C(C=O)CC(F)(F)F. The smallest absolute Gasteiger partial charge is 0.349 e. The van der Waals surface area contributed by atoms with Gasteiger partial charge < -0.3 is 5.73 Å². The lowest BCUT2D eigenvalue weighted by Gasteiger charge is -2.04. The number of hydrogen-bond donors (Lipinski definition) is 1. The Kier molecular flexibility index (Phi) is 2.64. The maximum Gasteiger partial charge on any atom is 0.395 e. The molecule has 1 unspecified atom stereocenters. The molecule has 0 saturated heterocycles. The average molecular weight is 142 g/mol. The van der Waals surface area contributed by atoms with Crippen LogP contribution in [0, 0.1) is 0 Å². The Morgan fingerprint density at radius 2 is 2.00 bits per heavy atom. The fraction of sp³-hybridized carbons (Fsp3) is 0.750. The van der Waals surface area contributed by atoms with Crippen molar-refractivity contribution in [1.82, 2.24) is 0 Å². The van der Waals surface area contributed by atoms with Crippen LogP contribution in [0.5, 0.6) is 0 Å². The maximum atomic E-state index is 11.3. The molecule has 0 rings (SSSR count). The molecule has 0 aromatic carbocycles. The van der Waals surface area contributed by atoms with Gasteiger partial charge in [-0.2, -0.15) is 13.2 Å². The van der Waals surface area contributed by atoms with E-state index in [0.717, 1.165) is 0 Å². The first kappa shape index (κ1) is 8.42. The Balaban J connectivity index is 3.59.